The van der Waals surface area contributed by atoms with Gasteiger partial charge in [0.15, 0.2) is 0 Å². The third-order valence-corrected chi connectivity index (χ3v) is 2.36. The molecule has 0 amide bonds. The van der Waals surface area contributed by atoms with E-state index >= 15 is 0 Å². The Labute approximate surface area is 89.0 Å². The SMILES string of the molecule is CCC(C)OC(=O)C(O)(C(=O)O)C(C)C. The maximum Gasteiger partial charge on any atom is 0.350 e. The second-order valence-electron chi connectivity index (χ2n) is 3.85. The molecule has 0 fully saturated rings. The third-order valence-electron chi connectivity index (χ3n) is 2.36. The van der Waals surface area contributed by atoms with E-state index in [0.29, 0.717) is 6.42 Å². The van der Waals surface area contributed by atoms with Gasteiger partial charge in [-0.3, -0.25) is 0 Å². The Morgan fingerprint density at radius 1 is 1.33 bits per heavy atom. The fourth-order valence-corrected chi connectivity index (χ4v) is 0.926. The minimum Gasteiger partial charge on any atom is -0.479 e. The molecule has 15 heavy (non-hydrogen) atoms. The summed E-state index contributed by atoms with van der Waals surface area (Å²) in [5.74, 6) is -3.42. The largest absolute Gasteiger partial charge is 0.479 e. The molecule has 0 aliphatic carbocycles. The van der Waals surface area contributed by atoms with E-state index in [4.69, 9.17) is 9.84 Å². The maximum absolute atomic E-state index is 11.5. The smallest absolute Gasteiger partial charge is 0.350 e. The number of aliphatic hydroxyl groups is 1. The number of aliphatic carboxylic acids is 1. The summed E-state index contributed by atoms with van der Waals surface area (Å²) in [6.45, 7) is 6.34. The van der Waals surface area contributed by atoms with E-state index in [1.54, 1.807) is 13.8 Å². The van der Waals surface area contributed by atoms with Crippen molar-refractivity contribution >= 4 is 11.9 Å². The summed E-state index contributed by atoms with van der Waals surface area (Å²) in [5, 5.41) is 18.5. The van der Waals surface area contributed by atoms with Crippen LogP contribution in [0.15, 0.2) is 0 Å². The van der Waals surface area contributed by atoms with E-state index in [1.165, 1.54) is 13.8 Å². The van der Waals surface area contributed by atoms with Crippen molar-refractivity contribution < 1.29 is 24.5 Å². The third kappa shape index (κ3) is 2.92. The van der Waals surface area contributed by atoms with Crippen LogP contribution in [0, 0.1) is 5.92 Å². The predicted octanol–water partition coefficient (Wildman–Crippen LogP) is 0.800. The van der Waals surface area contributed by atoms with Crippen LogP contribution in [-0.4, -0.2) is 33.9 Å². The molecule has 0 aromatic carbocycles. The van der Waals surface area contributed by atoms with Crippen LogP contribution in [0.5, 0.6) is 0 Å². The van der Waals surface area contributed by atoms with Gasteiger partial charge < -0.3 is 14.9 Å². The van der Waals surface area contributed by atoms with Gasteiger partial charge in [0.2, 0.25) is 0 Å². The molecule has 0 radical (unpaired) electrons. The van der Waals surface area contributed by atoms with Crippen molar-refractivity contribution in [3.05, 3.63) is 0 Å². The highest BCUT2D eigenvalue weighted by molar-refractivity contribution is 6.02. The molecule has 0 heterocycles. The topological polar surface area (TPSA) is 83.8 Å². The minimum atomic E-state index is -2.45. The van der Waals surface area contributed by atoms with Crippen LogP contribution in [0.3, 0.4) is 0 Å². The van der Waals surface area contributed by atoms with E-state index in [9.17, 15) is 14.7 Å². The van der Waals surface area contributed by atoms with Gasteiger partial charge in [0, 0.05) is 5.92 Å². The number of carboxylic acids is 1. The van der Waals surface area contributed by atoms with E-state index in [1.807, 2.05) is 0 Å². The van der Waals surface area contributed by atoms with Crippen LogP contribution >= 0.6 is 0 Å². The van der Waals surface area contributed by atoms with Gasteiger partial charge in [0.1, 0.15) is 0 Å². The number of hydrogen-bond donors (Lipinski definition) is 2. The first-order chi connectivity index (χ1) is 6.76. The average molecular weight is 218 g/mol. The molecule has 0 saturated carbocycles. The zero-order valence-electron chi connectivity index (χ0n) is 9.48. The Balaban J connectivity index is 4.80. The highest BCUT2D eigenvalue weighted by atomic mass is 16.6. The number of carboxylic acid groups (broad SMARTS) is 1. The lowest BCUT2D eigenvalue weighted by atomic mass is 9.90. The summed E-state index contributed by atoms with van der Waals surface area (Å²) in [5.41, 5.74) is -2.45. The summed E-state index contributed by atoms with van der Waals surface area (Å²) in [7, 11) is 0. The molecule has 0 aromatic rings. The van der Waals surface area contributed by atoms with Gasteiger partial charge in [-0.05, 0) is 13.3 Å². The van der Waals surface area contributed by atoms with Crippen LogP contribution in [0.25, 0.3) is 0 Å². The zero-order valence-corrected chi connectivity index (χ0v) is 9.48. The van der Waals surface area contributed by atoms with Crippen molar-refractivity contribution in [2.45, 2.75) is 45.8 Å². The van der Waals surface area contributed by atoms with Gasteiger partial charge in [-0.25, -0.2) is 9.59 Å². The van der Waals surface area contributed by atoms with Crippen molar-refractivity contribution in [3.63, 3.8) is 0 Å². The molecular formula is C10H18O5. The number of carbonyl (C=O) groups excluding carboxylic acids is 1. The fourth-order valence-electron chi connectivity index (χ4n) is 0.926. The molecular weight excluding hydrogens is 200 g/mol. The number of rotatable bonds is 5. The number of esters is 1. The lowest BCUT2D eigenvalue weighted by Crippen LogP contribution is -2.52. The van der Waals surface area contributed by atoms with Crippen molar-refractivity contribution in [2.75, 3.05) is 0 Å². The second kappa shape index (κ2) is 5.11. The van der Waals surface area contributed by atoms with Crippen molar-refractivity contribution in [2.24, 2.45) is 5.92 Å². The monoisotopic (exact) mass is 218 g/mol. The van der Waals surface area contributed by atoms with Gasteiger partial charge in [0.25, 0.3) is 5.60 Å². The molecule has 5 heteroatoms. The predicted molar refractivity (Wildman–Crippen MR) is 53.3 cm³/mol. The van der Waals surface area contributed by atoms with Gasteiger partial charge in [-0.1, -0.05) is 20.8 Å². The quantitative estimate of drug-likeness (QED) is 0.526. The molecule has 0 aromatic heterocycles. The van der Waals surface area contributed by atoms with Gasteiger partial charge in [-0.2, -0.15) is 0 Å². The Kier molecular flexibility index (Phi) is 4.74. The summed E-state index contributed by atoms with van der Waals surface area (Å²) >= 11 is 0. The number of ether oxygens (including phenoxy) is 1. The lowest BCUT2D eigenvalue weighted by Gasteiger charge is -2.26. The average Bonchev–Trinajstić information content (AvgIpc) is 2.15. The Morgan fingerprint density at radius 3 is 2.07 bits per heavy atom. The molecule has 0 bridgehead atoms. The van der Waals surface area contributed by atoms with Crippen LogP contribution in [0.4, 0.5) is 0 Å². The fraction of sp³-hybridized carbons (Fsp3) is 0.800. The molecule has 5 nitrogen and oxygen atoms in total. The Bertz CT molecular complexity index is 248. The highest BCUT2D eigenvalue weighted by Crippen LogP contribution is 2.20. The molecule has 88 valence electrons. The molecule has 2 unspecified atom stereocenters. The molecule has 0 saturated heterocycles. The van der Waals surface area contributed by atoms with E-state index < -0.39 is 29.6 Å². The summed E-state index contributed by atoms with van der Waals surface area (Å²) in [6, 6.07) is 0. The van der Waals surface area contributed by atoms with Crippen LogP contribution in [-0.2, 0) is 14.3 Å². The van der Waals surface area contributed by atoms with Crippen molar-refractivity contribution in [3.8, 4) is 0 Å². The highest BCUT2D eigenvalue weighted by Gasteiger charge is 2.49. The molecule has 0 rings (SSSR count). The van der Waals surface area contributed by atoms with Gasteiger partial charge >= 0.3 is 11.9 Å². The molecule has 0 aliphatic heterocycles. The molecule has 0 spiro atoms. The number of hydrogen-bond acceptors (Lipinski definition) is 4. The van der Waals surface area contributed by atoms with Crippen molar-refractivity contribution in [1.29, 1.82) is 0 Å². The summed E-state index contributed by atoms with van der Waals surface area (Å²) < 4.78 is 4.82. The van der Waals surface area contributed by atoms with E-state index in [0.717, 1.165) is 0 Å². The molecule has 2 atom stereocenters. The maximum atomic E-state index is 11.5. The Morgan fingerprint density at radius 2 is 1.80 bits per heavy atom. The van der Waals surface area contributed by atoms with Gasteiger partial charge in [0.05, 0.1) is 6.10 Å². The van der Waals surface area contributed by atoms with Gasteiger partial charge in [-0.15, -0.1) is 0 Å². The molecule has 2 N–H and O–H groups in total. The minimum absolute atomic E-state index is 0.401. The Hall–Kier alpha value is -1.10. The summed E-state index contributed by atoms with van der Waals surface area (Å²) in [4.78, 5) is 22.3. The lowest BCUT2D eigenvalue weighted by molar-refractivity contribution is -0.188. The van der Waals surface area contributed by atoms with Crippen molar-refractivity contribution in [1.82, 2.24) is 0 Å². The second-order valence-corrected chi connectivity index (χ2v) is 3.85. The van der Waals surface area contributed by atoms with E-state index in [2.05, 4.69) is 0 Å². The normalized spacial score (nSPS) is 16.9. The summed E-state index contributed by atoms with van der Waals surface area (Å²) in [6.07, 6.45) is 0.168. The first kappa shape index (κ1) is 13.9. The molecule has 0 aliphatic rings. The van der Waals surface area contributed by atoms with Crippen LogP contribution in [0.1, 0.15) is 34.1 Å². The first-order valence-electron chi connectivity index (χ1n) is 4.93. The zero-order chi connectivity index (χ0) is 12.2. The first-order valence-corrected chi connectivity index (χ1v) is 4.93. The standard InChI is InChI=1S/C10H18O5/c1-5-7(4)15-9(13)10(14,6(2)3)8(11)12/h6-7,14H,5H2,1-4H3,(H,11,12). The van der Waals surface area contributed by atoms with Crippen LogP contribution < -0.4 is 0 Å². The van der Waals surface area contributed by atoms with Crippen LogP contribution in [0.2, 0.25) is 0 Å². The number of carbonyl (C=O) groups is 2. The van der Waals surface area contributed by atoms with E-state index in [-0.39, 0.29) is 0 Å².